The fourth-order valence-electron chi connectivity index (χ4n) is 2.61. The summed E-state index contributed by atoms with van der Waals surface area (Å²) < 4.78 is 0. The number of carbonyl (C=O) groups is 2. The zero-order chi connectivity index (χ0) is 17.6. The van der Waals surface area contributed by atoms with E-state index in [0.717, 1.165) is 23.3 Å². The first-order chi connectivity index (χ1) is 12.1. The van der Waals surface area contributed by atoms with Gasteiger partial charge in [-0.25, -0.2) is 0 Å². The molecule has 4 nitrogen and oxygen atoms in total. The number of amides is 2. The second kappa shape index (κ2) is 8.50. The molecule has 0 spiro atoms. The molecule has 1 aromatic carbocycles. The van der Waals surface area contributed by atoms with Crippen molar-refractivity contribution in [2.45, 2.75) is 31.7 Å². The van der Waals surface area contributed by atoms with Gasteiger partial charge in [-0.3, -0.25) is 9.59 Å². The molecule has 132 valence electrons. The van der Waals surface area contributed by atoms with Gasteiger partial charge in [-0.1, -0.05) is 29.8 Å². The minimum absolute atomic E-state index is 0.0194. The Bertz CT molecular complexity index is 712. The van der Waals surface area contributed by atoms with Crippen LogP contribution in [0.1, 0.15) is 42.2 Å². The third-order valence-corrected chi connectivity index (χ3v) is 5.35. The Morgan fingerprint density at radius 3 is 2.60 bits per heavy atom. The summed E-state index contributed by atoms with van der Waals surface area (Å²) in [7, 11) is 0. The molecule has 0 saturated heterocycles. The van der Waals surface area contributed by atoms with Crippen molar-refractivity contribution in [3.05, 3.63) is 57.2 Å². The van der Waals surface area contributed by atoms with E-state index in [4.69, 9.17) is 11.6 Å². The number of nitrogens with one attached hydrogen (secondary N) is 2. The van der Waals surface area contributed by atoms with Gasteiger partial charge in [-0.2, -0.15) is 0 Å². The van der Waals surface area contributed by atoms with Gasteiger partial charge in [-0.05, 0) is 48.4 Å². The highest BCUT2D eigenvalue weighted by Gasteiger charge is 2.29. The molecular weight excluding hydrogens is 356 g/mol. The zero-order valence-electron chi connectivity index (χ0n) is 13.8. The van der Waals surface area contributed by atoms with Crippen molar-refractivity contribution in [1.29, 1.82) is 0 Å². The zero-order valence-corrected chi connectivity index (χ0v) is 15.4. The van der Waals surface area contributed by atoms with Gasteiger partial charge in [0.15, 0.2) is 0 Å². The van der Waals surface area contributed by atoms with Crippen LogP contribution in [-0.2, 0) is 9.59 Å². The van der Waals surface area contributed by atoms with Crippen LogP contribution in [0.2, 0.25) is 5.02 Å². The number of benzene rings is 1. The maximum absolute atomic E-state index is 12.3. The Balaban J connectivity index is 1.53. The SMILES string of the molecule is O=C(CCCNC(=O)C1CC1)NC(c1ccc(Cl)cc1)c1cccs1. The van der Waals surface area contributed by atoms with Gasteiger partial charge in [0.25, 0.3) is 0 Å². The average molecular weight is 377 g/mol. The van der Waals surface area contributed by atoms with Gasteiger partial charge < -0.3 is 10.6 Å². The molecule has 25 heavy (non-hydrogen) atoms. The third kappa shape index (κ3) is 5.31. The molecule has 1 atom stereocenters. The fourth-order valence-corrected chi connectivity index (χ4v) is 3.54. The minimum Gasteiger partial charge on any atom is -0.356 e. The van der Waals surface area contributed by atoms with Crippen LogP contribution >= 0.6 is 22.9 Å². The van der Waals surface area contributed by atoms with Crippen LogP contribution in [0.3, 0.4) is 0 Å². The third-order valence-electron chi connectivity index (χ3n) is 4.16. The fraction of sp³-hybridized carbons (Fsp3) is 0.368. The summed E-state index contributed by atoms with van der Waals surface area (Å²) in [4.78, 5) is 25.0. The van der Waals surface area contributed by atoms with E-state index in [9.17, 15) is 9.59 Å². The van der Waals surface area contributed by atoms with Crippen molar-refractivity contribution < 1.29 is 9.59 Å². The Morgan fingerprint density at radius 1 is 1.20 bits per heavy atom. The lowest BCUT2D eigenvalue weighted by Crippen LogP contribution is -2.30. The predicted molar refractivity (Wildman–Crippen MR) is 101 cm³/mol. The van der Waals surface area contributed by atoms with Crippen molar-refractivity contribution in [2.24, 2.45) is 5.92 Å². The minimum atomic E-state index is -0.175. The van der Waals surface area contributed by atoms with Gasteiger partial charge in [0.05, 0.1) is 6.04 Å². The highest BCUT2D eigenvalue weighted by Crippen LogP contribution is 2.29. The summed E-state index contributed by atoms with van der Waals surface area (Å²) in [5, 5.41) is 8.65. The number of thiophene rings is 1. The molecule has 2 N–H and O–H groups in total. The van der Waals surface area contributed by atoms with E-state index in [1.807, 2.05) is 41.8 Å². The van der Waals surface area contributed by atoms with Crippen LogP contribution in [-0.4, -0.2) is 18.4 Å². The molecule has 1 unspecified atom stereocenters. The highest BCUT2D eigenvalue weighted by atomic mass is 35.5. The van der Waals surface area contributed by atoms with E-state index < -0.39 is 0 Å². The standard InChI is InChI=1S/C19H21ClN2O2S/c20-15-9-7-13(8-10-15)18(16-3-2-12-25-16)22-17(23)4-1-11-21-19(24)14-5-6-14/h2-3,7-10,12,14,18H,1,4-6,11H2,(H,21,24)(H,22,23). The number of hydrogen-bond donors (Lipinski definition) is 2. The van der Waals surface area contributed by atoms with Crippen LogP contribution < -0.4 is 10.6 Å². The van der Waals surface area contributed by atoms with E-state index in [-0.39, 0.29) is 23.8 Å². The highest BCUT2D eigenvalue weighted by molar-refractivity contribution is 7.10. The summed E-state index contributed by atoms with van der Waals surface area (Å²) in [6.45, 7) is 0.549. The Hall–Kier alpha value is -1.85. The molecule has 2 aromatic rings. The topological polar surface area (TPSA) is 58.2 Å². The molecule has 0 radical (unpaired) electrons. The summed E-state index contributed by atoms with van der Waals surface area (Å²) in [5.41, 5.74) is 1.00. The first-order valence-electron chi connectivity index (χ1n) is 8.49. The molecule has 3 rings (SSSR count). The monoisotopic (exact) mass is 376 g/mol. The lowest BCUT2D eigenvalue weighted by molar-refractivity contribution is -0.123. The number of halogens is 1. The van der Waals surface area contributed by atoms with Crippen molar-refractivity contribution in [3.63, 3.8) is 0 Å². The lowest BCUT2D eigenvalue weighted by Gasteiger charge is -2.18. The smallest absolute Gasteiger partial charge is 0.223 e. The molecule has 6 heteroatoms. The number of hydrogen-bond acceptors (Lipinski definition) is 3. The van der Waals surface area contributed by atoms with Crippen LogP contribution in [0.4, 0.5) is 0 Å². The summed E-state index contributed by atoms with van der Waals surface area (Å²) in [6, 6.07) is 11.3. The number of carbonyl (C=O) groups excluding carboxylic acids is 2. The second-order valence-corrected chi connectivity index (χ2v) is 7.65. The molecule has 2 amide bonds. The van der Waals surface area contributed by atoms with Crippen LogP contribution in [0.5, 0.6) is 0 Å². The van der Waals surface area contributed by atoms with Crippen LogP contribution in [0, 0.1) is 5.92 Å². The van der Waals surface area contributed by atoms with Crippen molar-refractivity contribution in [2.75, 3.05) is 6.54 Å². The summed E-state index contributed by atoms with van der Waals surface area (Å²) in [5.74, 6) is 0.314. The van der Waals surface area contributed by atoms with Gasteiger partial charge in [0, 0.05) is 28.8 Å². The lowest BCUT2D eigenvalue weighted by atomic mass is 10.1. The summed E-state index contributed by atoms with van der Waals surface area (Å²) >= 11 is 7.57. The van der Waals surface area contributed by atoms with Gasteiger partial charge in [-0.15, -0.1) is 11.3 Å². The van der Waals surface area contributed by atoms with Crippen LogP contribution in [0.25, 0.3) is 0 Å². The molecule has 1 aliphatic rings. The molecule has 1 aromatic heterocycles. The van der Waals surface area contributed by atoms with E-state index in [1.54, 1.807) is 11.3 Å². The predicted octanol–water partition coefficient (Wildman–Crippen LogP) is 3.91. The first-order valence-corrected chi connectivity index (χ1v) is 9.75. The van der Waals surface area contributed by atoms with Crippen LogP contribution in [0.15, 0.2) is 41.8 Å². The van der Waals surface area contributed by atoms with Crippen molar-refractivity contribution >= 4 is 34.8 Å². The van der Waals surface area contributed by atoms with E-state index in [0.29, 0.717) is 24.4 Å². The van der Waals surface area contributed by atoms with E-state index >= 15 is 0 Å². The molecule has 0 bridgehead atoms. The molecule has 1 aliphatic carbocycles. The van der Waals surface area contributed by atoms with Gasteiger partial charge in [0.2, 0.25) is 11.8 Å². The van der Waals surface area contributed by atoms with E-state index in [1.165, 1.54) is 0 Å². The number of rotatable bonds is 8. The van der Waals surface area contributed by atoms with Crippen molar-refractivity contribution in [3.8, 4) is 0 Å². The largest absolute Gasteiger partial charge is 0.356 e. The second-order valence-electron chi connectivity index (χ2n) is 6.24. The maximum atomic E-state index is 12.3. The molecule has 1 heterocycles. The first kappa shape index (κ1) is 18.0. The average Bonchev–Trinajstić information content (AvgIpc) is 3.33. The Kier molecular flexibility index (Phi) is 6.10. The molecule has 1 saturated carbocycles. The molecular formula is C19H21ClN2O2S. The normalized spacial score (nSPS) is 14.8. The quantitative estimate of drug-likeness (QED) is 0.686. The molecule has 1 fully saturated rings. The molecule has 0 aliphatic heterocycles. The van der Waals surface area contributed by atoms with Crippen molar-refractivity contribution in [1.82, 2.24) is 10.6 Å². The summed E-state index contributed by atoms with van der Waals surface area (Å²) in [6.07, 6.45) is 3.02. The van der Waals surface area contributed by atoms with E-state index in [2.05, 4.69) is 10.6 Å². The Morgan fingerprint density at radius 2 is 1.96 bits per heavy atom. The van der Waals surface area contributed by atoms with Gasteiger partial charge >= 0.3 is 0 Å². The maximum Gasteiger partial charge on any atom is 0.223 e. The Labute approximate surface area is 156 Å². The van der Waals surface area contributed by atoms with Gasteiger partial charge in [0.1, 0.15) is 0 Å².